The van der Waals surface area contributed by atoms with E-state index in [1.165, 1.54) is 22.3 Å². The first-order valence-electron chi connectivity index (χ1n) is 31.6. The molecular formula is C81H55NO2Si. The Morgan fingerprint density at radius 2 is 0.953 bits per heavy atom. The minimum absolute atomic E-state index is 0.171. The van der Waals surface area contributed by atoms with Gasteiger partial charge in [-0.1, -0.05) is 243 Å². The molecule has 3 aromatic heterocycles. The third kappa shape index (κ3) is 7.25. The lowest BCUT2D eigenvalue weighted by Gasteiger charge is -2.48. The van der Waals surface area contributed by atoms with E-state index >= 15 is 0 Å². The first-order valence-corrected chi connectivity index (χ1v) is 31.1. The van der Waals surface area contributed by atoms with E-state index < -0.39 is 14.1 Å². The average molecular weight is 1110 g/mol. The van der Waals surface area contributed by atoms with Crippen molar-refractivity contribution in [1.29, 1.82) is 0 Å². The van der Waals surface area contributed by atoms with Crippen LogP contribution in [-0.4, -0.2) is 12.6 Å². The molecule has 3 aliphatic rings. The van der Waals surface area contributed by atoms with Crippen LogP contribution in [-0.2, 0) is 0 Å². The molecule has 0 saturated heterocycles. The van der Waals surface area contributed by atoms with Gasteiger partial charge >= 0.3 is 0 Å². The molecule has 15 aromatic rings. The highest BCUT2D eigenvalue weighted by molar-refractivity contribution is 7.16. The number of para-hydroxylation sites is 3. The number of allylic oxidation sites excluding steroid dienone is 5. The quantitative estimate of drug-likeness (QED) is 0.0776. The van der Waals surface area contributed by atoms with Crippen molar-refractivity contribution < 1.29 is 15.7 Å². The fraction of sp³-hybridized carbons (Fsp3) is 0.0370. The lowest BCUT2D eigenvalue weighted by Crippen LogP contribution is -2.69. The Bertz CT molecular complexity index is 5420. The van der Waals surface area contributed by atoms with Crippen LogP contribution in [0.2, 0.25) is 0 Å². The first kappa shape index (κ1) is 44.1. The Balaban J connectivity index is 0.911. The molecule has 2 atom stereocenters. The van der Waals surface area contributed by atoms with Gasteiger partial charge in [-0.15, -0.1) is 0 Å². The minimum atomic E-state index is -3.95. The number of hydrogen-bond donors (Lipinski definition) is 0. The van der Waals surface area contributed by atoms with Crippen LogP contribution in [0, 0.1) is 0 Å². The number of furan rings is 2. The van der Waals surface area contributed by atoms with Gasteiger partial charge in [-0.2, -0.15) is 0 Å². The molecule has 18 rings (SSSR count). The largest absolute Gasteiger partial charge is 0.456 e. The second-order valence-electron chi connectivity index (χ2n) is 22.6. The maximum absolute atomic E-state index is 9.96. The van der Waals surface area contributed by atoms with E-state index in [2.05, 4.69) is 212 Å². The summed E-state index contributed by atoms with van der Waals surface area (Å²) in [4.78, 5) is 0. The van der Waals surface area contributed by atoms with Gasteiger partial charge in [-0.3, -0.25) is 0 Å². The van der Waals surface area contributed by atoms with Crippen LogP contribution in [0.1, 0.15) is 47.9 Å². The predicted octanol–water partition coefficient (Wildman–Crippen LogP) is 19.3. The molecule has 0 saturated carbocycles. The summed E-state index contributed by atoms with van der Waals surface area (Å²) in [6, 6.07) is 86.5. The molecule has 3 heterocycles. The fourth-order valence-corrected chi connectivity index (χ4v) is 19.8. The summed E-state index contributed by atoms with van der Waals surface area (Å²) < 4.78 is 62.7. The minimum Gasteiger partial charge on any atom is -0.456 e. The lowest BCUT2D eigenvalue weighted by atomic mass is 9.60. The molecular weight excluding hydrogens is 1050 g/mol. The predicted molar refractivity (Wildman–Crippen MR) is 357 cm³/mol. The molecule has 3 aliphatic carbocycles. The van der Waals surface area contributed by atoms with Crippen LogP contribution in [0.15, 0.2) is 323 Å². The second-order valence-corrected chi connectivity index (χ2v) is 26.3. The lowest BCUT2D eigenvalue weighted by molar-refractivity contribution is 0.668. The summed E-state index contributed by atoms with van der Waals surface area (Å²) in [7, 11) is -3.95. The smallest absolute Gasteiger partial charge is 0.179 e. The van der Waals surface area contributed by atoms with Crippen molar-refractivity contribution in [3.05, 3.63) is 336 Å². The van der Waals surface area contributed by atoms with Crippen molar-refractivity contribution >= 4 is 89.3 Å². The molecule has 4 heteroatoms. The summed E-state index contributed by atoms with van der Waals surface area (Å²) in [5.41, 5.74) is 20.2. The van der Waals surface area contributed by atoms with Gasteiger partial charge in [0.2, 0.25) is 0 Å². The van der Waals surface area contributed by atoms with Crippen LogP contribution in [0.3, 0.4) is 0 Å². The topological polar surface area (TPSA) is 31.2 Å². The number of rotatable bonds is 10. The molecule has 0 N–H and O–H groups in total. The van der Waals surface area contributed by atoms with Crippen LogP contribution in [0.4, 0.5) is 0 Å². The molecule has 0 fully saturated rings. The van der Waals surface area contributed by atoms with Crippen LogP contribution >= 0.6 is 0 Å². The van der Waals surface area contributed by atoms with Crippen molar-refractivity contribution in [3.63, 3.8) is 0 Å². The van der Waals surface area contributed by atoms with E-state index in [1.54, 1.807) is 0 Å². The zero-order valence-corrected chi connectivity index (χ0v) is 47.5. The molecule has 0 spiro atoms. The summed E-state index contributed by atoms with van der Waals surface area (Å²) in [6.07, 6.45) is 3.94. The first-order chi connectivity index (χ1) is 44.1. The number of aromatic nitrogens is 1. The molecule has 12 aromatic carbocycles. The number of hydrogen-bond acceptors (Lipinski definition) is 2. The van der Waals surface area contributed by atoms with E-state index in [0.717, 1.165) is 131 Å². The second kappa shape index (κ2) is 19.3. The maximum atomic E-state index is 9.96. The molecule has 85 heavy (non-hydrogen) atoms. The summed E-state index contributed by atoms with van der Waals surface area (Å²) in [5, 5.41) is 9.55. The van der Waals surface area contributed by atoms with E-state index in [1.807, 2.05) is 66.7 Å². The van der Waals surface area contributed by atoms with E-state index in [9.17, 15) is 5.48 Å². The van der Waals surface area contributed by atoms with Gasteiger partial charge in [0, 0.05) is 44.2 Å². The van der Waals surface area contributed by atoms with Crippen molar-refractivity contribution in [2.75, 3.05) is 0 Å². The number of benzene rings is 12. The highest BCUT2D eigenvalue weighted by Crippen LogP contribution is 2.60. The van der Waals surface area contributed by atoms with Crippen LogP contribution in [0.5, 0.6) is 0 Å². The molecule has 2 bridgehead atoms. The Morgan fingerprint density at radius 1 is 0.447 bits per heavy atom. The van der Waals surface area contributed by atoms with Crippen molar-refractivity contribution in [1.82, 2.24) is 4.57 Å². The highest BCUT2D eigenvalue weighted by atomic mass is 28.3. The standard InChI is InChI=1S/C81H55NO2Si/c1-3-23-76(85(55-24-7-4-8-25-55,56-26-9-5-10-27-56)57-28-11-6-12-29-57)78-51(2)77-63-33-13-14-34-64(63)81(78)80-65(77)37-22-39-71(80)82-69-38-18-15-30-60(69)66-50-54(42-45-70(66)82)79-58(52-43-46-74-67(48-52)61-31-16-19-40-72(61)83-74)35-21-36-59(79)53-44-47-75-68(49-53)62-32-17-20-41-73(62)84-75/h3-50,77,81H,1H2,2H3/b76-23+/i4D,7D,8D,24D,25D. The fourth-order valence-electron chi connectivity index (χ4n) is 15.0. The third-order valence-electron chi connectivity index (χ3n) is 18.4. The molecule has 3 nitrogen and oxygen atoms in total. The van der Waals surface area contributed by atoms with Crippen molar-refractivity contribution in [2.45, 2.75) is 18.8 Å². The Morgan fingerprint density at radius 3 is 1.59 bits per heavy atom. The van der Waals surface area contributed by atoms with Gasteiger partial charge in [-0.25, -0.2) is 0 Å². The van der Waals surface area contributed by atoms with Gasteiger partial charge in [-0.05, 0) is 150 Å². The zero-order chi connectivity index (χ0) is 60.7. The summed E-state index contributed by atoms with van der Waals surface area (Å²) >= 11 is 0. The maximum Gasteiger partial charge on any atom is 0.179 e. The molecule has 0 amide bonds. The number of nitrogens with zero attached hydrogens (tertiary/aromatic N) is 1. The Kier molecular flexibility index (Phi) is 10.0. The summed E-state index contributed by atoms with van der Waals surface area (Å²) in [5.74, 6) is -0.525. The highest BCUT2D eigenvalue weighted by Gasteiger charge is 2.51. The third-order valence-corrected chi connectivity index (χ3v) is 23.0. The van der Waals surface area contributed by atoms with Gasteiger partial charge in [0.25, 0.3) is 0 Å². The van der Waals surface area contributed by atoms with Gasteiger partial charge in [0.15, 0.2) is 8.07 Å². The monoisotopic (exact) mass is 1110 g/mol. The molecule has 2 unspecified atom stereocenters. The van der Waals surface area contributed by atoms with Crippen LogP contribution in [0.25, 0.3) is 105 Å². The van der Waals surface area contributed by atoms with Gasteiger partial charge in [0.05, 0.1) is 23.6 Å². The van der Waals surface area contributed by atoms with Crippen LogP contribution < -0.4 is 15.6 Å². The summed E-state index contributed by atoms with van der Waals surface area (Å²) in [6.45, 7) is 6.67. The molecule has 0 radical (unpaired) electrons. The van der Waals surface area contributed by atoms with E-state index in [4.69, 9.17) is 10.2 Å². The Labute approximate surface area is 501 Å². The SMILES string of the molecule is [2H]c1c([2H])c([2H])c([Si](/C(=C/C=C)C2=C(C)C3c4ccccc4C2c2c3cccc2-n2c3ccccc3c3cc(-c4c(-c5ccc6oc7ccccc7c6c5)cccc4-c4ccc5oc6ccccc6c5c4)ccc32)(c2ccccc2)c2ccccc2)c([2H])c1[2H]. The van der Waals surface area contributed by atoms with E-state index in [-0.39, 0.29) is 36.0 Å². The van der Waals surface area contributed by atoms with Gasteiger partial charge in [0.1, 0.15) is 22.3 Å². The van der Waals surface area contributed by atoms with E-state index in [0.29, 0.717) is 5.19 Å². The van der Waals surface area contributed by atoms with Crippen molar-refractivity contribution in [3.8, 4) is 39.1 Å². The molecule has 0 aliphatic heterocycles. The zero-order valence-electron chi connectivity index (χ0n) is 51.5. The van der Waals surface area contributed by atoms with Gasteiger partial charge < -0.3 is 13.4 Å². The molecule has 400 valence electrons. The average Bonchev–Trinajstić information content (AvgIpc) is 0.712. The normalized spacial score (nSPS) is 15.8. The van der Waals surface area contributed by atoms with Crippen molar-refractivity contribution in [2.24, 2.45) is 0 Å². The Hall–Kier alpha value is -10.5. The number of fused-ring (bicyclic) bond motifs is 9.